The molecule has 1 saturated carbocycles. The highest BCUT2D eigenvalue weighted by atomic mass is 35.5. The summed E-state index contributed by atoms with van der Waals surface area (Å²) in [5, 5.41) is 2.74. The minimum absolute atomic E-state index is 0. The predicted molar refractivity (Wildman–Crippen MR) is 77.8 cm³/mol. The van der Waals surface area contributed by atoms with E-state index < -0.39 is 5.82 Å². The number of ether oxygens (including phenoxy) is 1. The van der Waals surface area contributed by atoms with Crippen molar-refractivity contribution in [3.8, 4) is 5.75 Å². The maximum atomic E-state index is 13.6. The monoisotopic (exact) mass is 302 g/mol. The van der Waals surface area contributed by atoms with E-state index in [1.807, 2.05) is 0 Å². The van der Waals surface area contributed by atoms with E-state index in [-0.39, 0.29) is 35.7 Å². The van der Waals surface area contributed by atoms with Crippen LogP contribution in [-0.4, -0.2) is 25.1 Å². The summed E-state index contributed by atoms with van der Waals surface area (Å²) in [6.07, 6.45) is 2.25. The first-order valence-corrected chi connectivity index (χ1v) is 6.58. The van der Waals surface area contributed by atoms with Crippen molar-refractivity contribution in [1.82, 2.24) is 5.32 Å². The smallest absolute Gasteiger partial charge is 0.255 e. The maximum absolute atomic E-state index is 13.6. The highest BCUT2D eigenvalue weighted by Crippen LogP contribution is 2.31. The second-order valence-electron chi connectivity index (χ2n) is 4.76. The molecule has 0 heterocycles. The normalized spacial score (nSPS) is 15.2. The topological polar surface area (TPSA) is 64.3 Å². The number of rotatable bonds is 6. The molecule has 0 spiro atoms. The molecule has 1 aliphatic rings. The zero-order valence-electron chi connectivity index (χ0n) is 11.4. The molecule has 20 heavy (non-hydrogen) atoms. The number of halogens is 2. The summed E-state index contributed by atoms with van der Waals surface area (Å²) in [5.74, 6) is -0.360. The molecule has 0 aliphatic heterocycles. The Labute approximate surface area is 124 Å². The molecule has 3 N–H and O–H groups in total. The summed E-state index contributed by atoms with van der Waals surface area (Å²) in [6.45, 7) is 2.46. The zero-order valence-corrected chi connectivity index (χ0v) is 12.2. The minimum Gasteiger partial charge on any atom is -0.490 e. The van der Waals surface area contributed by atoms with E-state index in [1.54, 1.807) is 13.0 Å². The van der Waals surface area contributed by atoms with E-state index in [2.05, 4.69) is 5.32 Å². The van der Waals surface area contributed by atoms with Gasteiger partial charge in [-0.05, 0) is 37.8 Å². The summed E-state index contributed by atoms with van der Waals surface area (Å²) >= 11 is 0. The van der Waals surface area contributed by atoms with Crippen molar-refractivity contribution >= 4 is 18.3 Å². The number of carbonyl (C=O) groups excluding carboxylic acids is 1. The molecule has 1 aromatic rings. The van der Waals surface area contributed by atoms with Gasteiger partial charge in [0.05, 0.1) is 12.2 Å². The van der Waals surface area contributed by atoms with E-state index in [0.717, 1.165) is 12.8 Å². The molecule has 2 rings (SSSR count). The van der Waals surface area contributed by atoms with Gasteiger partial charge in [-0.1, -0.05) is 6.07 Å². The van der Waals surface area contributed by atoms with Crippen molar-refractivity contribution in [3.63, 3.8) is 0 Å². The van der Waals surface area contributed by atoms with Gasteiger partial charge in [0.2, 0.25) is 0 Å². The van der Waals surface area contributed by atoms with Gasteiger partial charge in [0.1, 0.15) is 0 Å². The molecule has 6 heteroatoms. The van der Waals surface area contributed by atoms with Crippen molar-refractivity contribution in [2.45, 2.75) is 25.8 Å². The Morgan fingerprint density at radius 3 is 2.85 bits per heavy atom. The van der Waals surface area contributed by atoms with E-state index >= 15 is 0 Å². The van der Waals surface area contributed by atoms with Gasteiger partial charge in [0.25, 0.3) is 5.91 Å². The molecule has 1 unspecified atom stereocenters. The van der Waals surface area contributed by atoms with Gasteiger partial charge >= 0.3 is 0 Å². The predicted octanol–water partition coefficient (Wildman–Crippen LogP) is 2.11. The molecular weight excluding hydrogens is 283 g/mol. The highest BCUT2D eigenvalue weighted by molar-refractivity contribution is 5.97. The second-order valence-corrected chi connectivity index (χ2v) is 4.76. The molecule has 0 radical (unpaired) electrons. The van der Waals surface area contributed by atoms with Gasteiger partial charge in [-0.15, -0.1) is 12.4 Å². The van der Waals surface area contributed by atoms with Crippen LogP contribution in [-0.2, 0) is 0 Å². The van der Waals surface area contributed by atoms with Gasteiger partial charge in [-0.2, -0.15) is 0 Å². The molecule has 1 atom stereocenters. The Bertz CT molecular complexity index is 466. The van der Waals surface area contributed by atoms with Crippen molar-refractivity contribution in [2.24, 2.45) is 11.7 Å². The highest BCUT2D eigenvalue weighted by Gasteiger charge is 2.28. The molecule has 112 valence electrons. The number of amides is 1. The molecule has 0 aromatic heterocycles. The summed E-state index contributed by atoms with van der Waals surface area (Å²) in [7, 11) is 0. The van der Waals surface area contributed by atoms with Crippen LogP contribution in [0.4, 0.5) is 4.39 Å². The Hall–Kier alpha value is -1.33. The van der Waals surface area contributed by atoms with E-state index in [1.165, 1.54) is 12.1 Å². The number of hydrogen-bond donors (Lipinski definition) is 2. The van der Waals surface area contributed by atoms with Crippen molar-refractivity contribution in [3.05, 3.63) is 29.6 Å². The molecular formula is C14H20ClFN2O2. The number of nitrogens with two attached hydrogens (primary N) is 1. The van der Waals surface area contributed by atoms with Crippen molar-refractivity contribution in [2.75, 3.05) is 13.2 Å². The largest absolute Gasteiger partial charge is 0.490 e. The van der Waals surface area contributed by atoms with Crippen LogP contribution in [0.5, 0.6) is 5.75 Å². The number of benzene rings is 1. The average Bonchev–Trinajstić information content (AvgIpc) is 3.22. The number of para-hydroxylation sites is 1. The van der Waals surface area contributed by atoms with Gasteiger partial charge in [-0.25, -0.2) is 4.39 Å². The van der Waals surface area contributed by atoms with Crippen molar-refractivity contribution in [1.29, 1.82) is 0 Å². The Balaban J connectivity index is 0.00000200. The lowest BCUT2D eigenvalue weighted by Crippen LogP contribution is -2.38. The van der Waals surface area contributed by atoms with Crippen LogP contribution in [0.2, 0.25) is 0 Å². The lowest BCUT2D eigenvalue weighted by molar-refractivity contribution is 0.0945. The Morgan fingerprint density at radius 1 is 1.55 bits per heavy atom. The van der Waals surface area contributed by atoms with Gasteiger partial charge < -0.3 is 15.8 Å². The summed E-state index contributed by atoms with van der Waals surface area (Å²) in [5.41, 5.74) is 6.12. The first kappa shape index (κ1) is 16.7. The first-order chi connectivity index (χ1) is 9.13. The minimum atomic E-state index is -0.527. The summed E-state index contributed by atoms with van der Waals surface area (Å²) in [4.78, 5) is 12.0. The molecule has 1 fully saturated rings. The SMILES string of the molecule is CCOc1c(F)cccc1C(=O)NCC(N)C1CC1.Cl. The van der Waals surface area contributed by atoms with Gasteiger partial charge in [0.15, 0.2) is 11.6 Å². The Morgan fingerprint density at radius 2 is 2.25 bits per heavy atom. The third-order valence-corrected chi connectivity index (χ3v) is 3.23. The van der Waals surface area contributed by atoms with Gasteiger partial charge in [0, 0.05) is 12.6 Å². The van der Waals surface area contributed by atoms with Crippen LogP contribution in [0.1, 0.15) is 30.1 Å². The van der Waals surface area contributed by atoms with Crippen LogP contribution in [0.15, 0.2) is 18.2 Å². The fraction of sp³-hybridized carbons (Fsp3) is 0.500. The quantitative estimate of drug-likeness (QED) is 0.846. The number of hydrogen-bond acceptors (Lipinski definition) is 3. The van der Waals surface area contributed by atoms with Crippen LogP contribution in [0.3, 0.4) is 0 Å². The third kappa shape index (κ3) is 4.08. The maximum Gasteiger partial charge on any atom is 0.255 e. The fourth-order valence-corrected chi connectivity index (χ4v) is 1.98. The standard InChI is InChI=1S/C14H19FN2O2.ClH/c1-2-19-13-10(4-3-5-11(13)15)14(18)17-8-12(16)9-6-7-9;/h3-5,9,12H,2,6-8,16H2,1H3,(H,17,18);1H. The second kappa shape index (κ2) is 7.45. The lowest BCUT2D eigenvalue weighted by Gasteiger charge is -2.14. The number of carbonyl (C=O) groups is 1. The number of nitrogens with one attached hydrogen (secondary N) is 1. The Kier molecular flexibility index (Phi) is 6.23. The van der Waals surface area contributed by atoms with Crippen LogP contribution in [0, 0.1) is 11.7 Å². The van der Waals surface area contributed by atoms with Gasteiger partial charge in [-0.3, -0.25) is 4.79 Å². The van der Waals surface area contributed by atoms with E-state index in [0.29, 0.717) is 19.1 Å². The molecule has 0 saturated heterocycles. The van der Waals surface area contributed by atoms with Crippen LogP contribution >= 0.6 is 12.4 Å². The molecule has 4 nitrogen and oxygen atoms in total. The average molecular weight is 303 g/mol. The van der Waals surface area contributed by atoms with Crippen LogP contribution in [0.25, 0.3) is 0 Å². The first-order valence-electron chi connectivity index (χ1n) is 6.58. The lowest BCUT2D eigenvalue weighted by atomic mass is 10.1. The van der Waals surface area contributed by atoms with Crippen LogP contribution < -0.4 is 15.8 Å². The van der Waals surface area contributed by atoms with E-state index in [4.69, 9.17) is 10.5 Å². The zero-order chi connectivity index (χ0) is 13.8. The molecule has 1 aliphatic carbocycles. The molecule has 1 amide bonds. The van der Waals surface area contributed by atoms with Crippen molar-refractivity contribution < 1.29 is 13.9 Å². The summed E-state index contributed by atoms with van der Waals surface area (Å²) in [6, 6.07) is 4.30. The fourth-order valence-electron chi connectivity index (χ4n) is 1.98. The third-order valence-electron chi connectivity index (χ3n) is 3.23. The van der Waals surface area contributed by atoms with E-state index in [9.17, 15) is 9.18 Å². The molecule has 0 bridgehead atoms. The summed E-state index contributed by atoms with van der Waals surface area (Å²) < 4.78 is 18.8. The molecule has 1 aromatic carbocycles.